The van der Waals surface area contributed by atoms with Crippen molar-refractivity contribution in [1.29, 1.82) is 0 Å². The van der Waals surface area contributed by atoms with E-state index in [0.717, 1.165) is 10.4 Å². The topological polar surface area (TPSA) is 38.3 Å². The standard InChI is InChI=1S/C9H13NO2S/c1-7-3-6-13-8(7)9(11)10-4-5-12-2/h3,6H,4-5H2,1-2H3,(H,10,11). The lowest BCUT2D eigenvalue weighted by Crippen LogP contribution is -2.26. The summed E-state index contributed by atoms with van der Waals surface area (Å²) in [5.41, 5.74) is 1.03. The highest BCUT2D eigenvalue weighted by Crippen LogP contribution is 2.14. The van der Waals surface area contributed by atoms with Crippen molar-refractivity contribution in [2.75, 3.05) is 20.3 Å². The van der Waals surface area contributed by atoms with Crippen LogP contribution in [0.3, 0.4) is 0 Å². The summed E-state index contributed by atoms with van der Waals surface area (Å²) in [6.07, 6.45) is 0. The number of hydrogen-bond acceptors (Lipinski definition) is 3. The van der Waals surface area contributed by atoms with E-state index in [-0.39, 0.29) is 5.91 Å². The molecule has 1 aromatic rings. The minimum absolute atomic E-state index is 0.00968. The molecular formula is C9H13NO2S. The maximum atomic E-state index is 11.4. The molecule has 0 aromatic carbocycles. The molecule has 3 nitrogen and oxygen atoms in total. The van der Waals surface area contributed by atoms with Gasteiger partial charge in [-0.15, -0.1) is 11.3 Å². The number of aryl methyl sites for hydroxylation is 1. The summed E-state index contributed by atoms with van der Waals surface area (Å²) >= 11 is 1.46. The average Bonchev–Trinajstić information content (AvgIpc) is 2.52. The van der Waals surface area contributed by atoms with Crippen LogP contribution in [-0.4, -0.2) is 26.2 Å². The lowest BCUT2D eigenvalue weighted by Gasteiger charge is -2.02. The molecule has 0 bridgehead atoms. The van der Waals surface area contributed by atoms with Crippen LogP contribution in [0.15, 0.2) is 11.4 Å². The molecule has 0 aliphatic carbocycles. The molecule has 0 unspecified atom stereocenters. The Morgan fingerprint density at radius 2 is 2.46 bits per heavy atom. The molecule has 1 aromatic heterocycles. The summed E-state index contributed by atoms with van der Waals surface area (Å²) in [4.78, 5) is 12.2. The van der Waals surface area contributed by atoms with Crippen LogP contribution in [0.4, 0.5) is 0 Å². The van der Waals surface area contributed by atoms with Gasteiger partial charge < -0.3 is 10.1 Å². The number of thiophene rings is 1. The molecule has 0 fully saturated rings. The number of carbonyl (C=O) groups excluding carboxylic acids is 1. The van der Waals surface area contributed by atoms with Gasteiger partial charge in [0, 0.05) is 13.7 Å². The van der Waals surface area contributed by atoms with E-state index in [0.29, 0.717) is 13.2 Å². The van der Waals surface area contributed by atoms with Gasteiger partial charge in [0.1, 0.15) is 0 Å². The summed E-state index contributed by atoms with van der Waals surface area (Å²) in [7, 11) is 1.61. The lowest BCUT2D eigenvalue weighted by molar-refractivity contribution is 0.0940. The predicted molar refractivity (Wildman–Crippen MR) is 53.3 cm³/mol. The highest BCUT2D eigenvalue weighted by atomic mass is 32.1. The molecule has 1 heterocycles. The first-order valence-corrected chi connectivity index (χ1v) is 4.95. The summed E-state index contributed by atoms with van der Waals surface area (Å²) in [6.45, 7) is 3.05. The van der Waals surface area contributed by atoms with Crippen LogP contribution in [0.2, 0.25) is 0 Å². The van der Waals surface area contributed by atoms with Crippen LogP contribution in [0, 0.1) is 6.92 Å². The number of rotatable bonds is 4. The summed E-state index contributed by atoms with van der Waals surface area (Å²) in [5.74, 6) is -0.00968. The molecule has 0 aliphatic rings. The van der Waals surface area contributed by atoms with Crippen LogP contribution in [0.1, 0.15) is 15.2 Å². The van der Waals surface area contributed by atoms with E-state index in [1.807, 2.05) is 18.4 Å². The molecule has 0 saturated carbocycles. The molecule has 1 N–H and O–H groups in total. The second-order valence-corrected chi connectivity index (χ2v) is 3.60. The van der Waals surface area contributed by atoms with E-state index in [1.54, 1.807) is 7.11 Å². The smallest absolute Gasteiger partial charge is 0.261 e. The first-order chi connectivity index (χ1) is 6.25. The summed E-state index contributed by atoms with van der Waals surface area (Å²) in [6, 6.07) is 1.94. The molecular weight excluding hydrogens is 186 g/mol. The predicted octanol–water partition coefficient (Wildman–Crippen LogP) is 1.43. The summed E-state index contributed by atoms with van der Waals surface area (Å²) < 4.78 is 4.83. The minimum Gasteiger partial charge on any atom is -0.383 e. The fourth-order valence-corrected chi connectivity index (χ4v) is 1.79. The highest BCUT2D eigenvalue weighted by Gasteiger charge is 2.08. The molecule has 1 rings (SSSR count). The van der Waals surface area contributed by atoms with E-state index in [2.05, 4.69) is 5.32 Å². The molecule has 72 valence electrons. The van der Waals surface area contributed by atoms with Gasteiger partial charge in [0.05, 0.1) is 11.5 Å². The minimum atomic E-state index is -0.00968. The van der Waals surface area contributed by atoms with Crippen LogP contribution in [-0.2, 0) is 4.74 Å². The van der Waals surface area contributed by atoms with Crippen molar-refractivity contribution in [3.05, 3.63) is 21.9 Å². The van der Waals surface area contributed by atoms with Gasteiger partial charge >= 0.3 is 0 Å². The highest BCUT2D eigenvalue weighted by molar-refractivity contribution is 7.12. The zero-order valence-corrected chi connectivity index (χ0v) is 8.61. The van der Waals surface area contributed by atoms with Gasteiger partial charge in [0.25, 0.3) is 5.91 Å². The third kappa shape index (κ3) is 2.82. The Labute approximate surface area is 81.7 Å². The van der Waals surface area contributed by atoms with E-state index in [1.165, 1.54) is 11.3 Å². The number of ether oxygens (including phenoxy) is 1. The van der Waals surface area contributed by atoms with E-state index in [9.17, 15) is 4.79 Å². The maximum Gasteiger partial charge on any atom is 0.261 e. The quantitative estimate of drug-likeness (QED) is 0.745. The van der Waals surface area contributed by atoms with E-state index >= 15 is 0 Å². The van der Waals surface area contributed by atoms with Crippen molar-refractivity contribution in [3.63, 3.8) is 0 Å². The molecule has 0 atom stereocenters. The monoisotopic (exact) mass is 199 g/mol. The molecule has 0 radical (unpaired) electrons. The Kier molecular flexibility index (Phi) is 3.92. The number of amides is 1. The van der Waals surface area contributed by atoms with Crippen molar-refractivity contribution in [3.8, 4) is 0 Å². The van der Waals surface area contributed by atoms with Gasteiger partial charge in [-0.3, -0.25) is 4.79 Å². The van der Waals surface area contributed by atoms with Crippen LogP contribution in [0.5, 0.6) is 0 Å². The zero-order valence-electron chi connectivity index (χ0n) is 7.79. The van der Waals surface area contributed by atoms with Gasteiger partial charge in [-0.1, -0.05) is 0 Å². The van der Waals surface area contributed by atoms with Gasteiger partial charge in [-0.25, -0.2) is 0 Å². The molecule has 0 spiro atoms. The SMILES string of the molecule is COCCNC(=O)c1sccc1C. The first-order valence-electron chi connectivity index (χ1n) is 4.07. The Balaban J connectivity index is 2.45. The van der Waals surface area contributed by atoms with E-state index < -0.39 is 0 Å². The Morgan fingerprint density at radius 3 is 3.00 bits per heavy atom. The number of hydrogen-bond donors (Lipinski definition) is 1. The molecule has 1 amide bonds. The van der Waals surface area contributed by atoms with Gasteiger partial charge in [0.2, 0.25) is 0 Å². The van der Waals surface area contributed by atoms with Crippen molar-refractivity contribution in [2.24, 2.45) is 0 Å². The Bertz CT molecular complexity index is 283. The molecule has 4 heteroatoms. The zero-order chi connectivity index (χ0) is 9.68. The van der Waals surface area contributed by atoms with E-state index in [4.69, 9.17) is 4.74 Å². The van der Waals surface area contributed by atoms with Crippen molar-refractivity contribution in [2.45, 2.75) is 6.92 Å². The fourth-order valence-electron chi connectivity index (χ4n) is 0.952. The third-order valence-corrected chi connectivity index (χ3v) is 2.68. The summed E-state index contributed by atoms with van der Waals surface area (Å²) in [5, 5.41) is 4.69. The van der Waals surface area contributed by atoms with Crippen molar-refractivity contribution >= 4 is 17.2 Å². The van der Waals surface area contributed by atoms with Crippen LogP contribution < -0.4 is 5.32 Å². The molecule has 13 heavy (non-hydrogen) atoms. The molecule has 0 aliphatic heterocycles. The second-order valence-electron chi connectivity index (χ2n) is 2.68. The number of methoxy groups -OCH3 is 1. The third-order valence-electron chi connectivity index (χ3n) is 1.66. The maximum absolute atomic E-state index is 11.4. The Hall–Kier alpha value is -0.870. The molecule has 0 saturated heterocycles. The Morgan fingerprint density at radius 1 is 1.69 bits per heavy atom. The average molecular weight is 199 g/mol. The normalized spacial score (nSPS) is 10.0. The van der Waals surface area contributed by atoms with Gasteiger partial charge in [0.15, 0.2) is 0 Å². The van der Waals surface area contributed by atoms with Crippen LogP contribution >= 0.6 is 11.3 Å². The van der Waals surface area contributed by atoms with Gasteiger partial charge in [-0.2, -0.15) is 0 Å². The second kappa shape index (κ2) is 4.99. The number of carbonyl (C=O) groups is 1. The van der Waals surface area contributed by atoms with Crippen LogP contribution in [0.25, 0.3) is 0 Å². The number of nitrogens with one attached hydrogen (secondary N) is 1. The largest absolute Gasteiger partial charge is 0.383 e. The fraction of sp³-hybridized carbons (Fsp3) is 0.444. The lowest BCUT2D eigenvalue weighted by atomic mass is 10.3. The first kappa shape index (κ1) is 10.2. The van der Waals surface area contributed by atoms with Gasteiger partial charge in [-0.05, 0) is 23.9 Å². The van der Waals surface area contributed by atoms with Crippen molar-refractivity contribution < 1.29 is 9.53 Å². The van der Waals surface area contributed by atoms with Crippen molar-refractivity contribution in [1.82, 2.24) is 5.32 Å².